The lowest BCUT2D eigenvalue weighted by Gasteiger charge is -2.33. The summed E-state index contributed by atoms with van der Waals surface area (Å²) in [5.74, 6) is 0. The Morgan fingerprint density at radius 2 is 2.15 bits per heavy atom. The van der Waals surface area contributed by atoms with Gasteiger partial charge in [-0.2, -0.15) is 0 Å². The molecule has 5 heteroatoms. The molecule has 20 heavy (non-hydrogen) atoms. The van der Waals surface area contributed by atoms with Crippen LogP contribution in [-0.4, -0.2) is 17.5 Å². The molecular weight excluding hydrogens is 352 g/mol. The summed E-state index contributed by atoms with van der Waals surface area (Å²) in [7, 11) is 0. The van der Waals surface area contributed by atoms with Crippen molar-refractivity contribution in [1.82, 2.24) is 4.90 Å². The SMILES string of the molecule is Cc1sc(C(CN)N(Cc2cccs2)C(C)C)cc1Br. The van der Waals surface area contributed by atoms with Crippen molar-refractivity contribution in [1.29, 1.82) is 0 Å². The van der Waals surface area contributed by atoms with Crippen LogP contribution in [0, 0.1) is 6.92 Å². The molecule has 0 saturated carbocycles. The zero-order chi connectivity index (χ0) is 14.7. The minimum Gasteiger partial charge on any atom is -0.329 e. The lowest BCUT2D eigenvalue weighted by atomic mass is 10.1. The van der Waals surface area contributed by atoms with Gasteiger partial charge in [-0.3, -0.25) is 4.90 Å². The molecule has 0 saturated heterocycles. The van der Waals surface area contributed by atoms with Gasteiger partial charge >= 0.3 is 0 Å². The summed E-state index contributed by atoms with van der Waals surface area (Å²) in [5, 5.41) is 2.14. The smallest absolute Gasteiger partial charge is 0.0570 e. The molecule has 0 radical (unpaired) electrons. The van der Waals surface area contributed by atoms with Gasteiger partial charge in [-0.1, -0.05) is 6.07 Å². The number of halogens is 1. The second kappa shape index (κ2) is 7.18. The highest BCUT2D eigenvalue weighted by Gasteiger charge is 2.24. The van der Waals surface area contributed by atoms with Crippen molar-refractivity contribution in [2.24, 2.45) is 5.73 Å². The van der Waals surface area contributed by atoms with Crippen LogP contribution in [0.2, 0.25) is 0 Å². The van der Waals surface area contributed by atoms with Gasteiger partial charge in [0, 0.05) is 38.2 Å². The highest BCUT2D eigenvalue weighted by molar-refractivity contribution is 9.10. The van der Waals surface area contributed by atoms with Gasteiger partial charge in [-0.15, -0.1) is 22.7 Å². The Hall–Kier alpha value is -0.200. The van der Waals surface area contributed by atoms with Crippen molar-refractivity contribution in [3.05, 3.63) is 42.7 Å². The average molecular weight is 373 g/mol. The van der Waals surface area contributed by atoms with Crippen LogP contribution in [0.4, 0.5) is 0 Å². The van der Waals surface area contributed by atoms with Crippen LogP contribution < -0.4 is 5.73 Å². The van der Waals surface area contributed by atoms with Crippen molar-refractivity contribution in [3.8, 4) is 0 Å². The van der Waals surface area contributed by atoms with Gasteiger partial charge in [-0.05, 0) is 54.2 Å². The average Bonchev–Trinajstić information content (AvgIpc) is 3.00. The van der Waals surface area contributed by atoms with Crippen LogP contribution in [0.5, 0.6) is 0 Å². The van der Waals surface area contributed by atoms with Crippen molar-refractivity contribution >= 4 is 38.6 Å². The molecule has 2 nitrogen and oxygen atoms in total. The van der Waals surface area contributed by atoms with Crippen LogP contribution in [-0.2, 0) is 6.54 Å². The molecule has 110 valence electrons. The maximum atomic E-state index is 6.08. The molecular formula is C15H21BrN2S2. The fraction of sp³-hybridized carbons (Fsp3) is 0.467. The summed E-state index contributed by atoms with van der Waals surface area (Å²) in [6.07, 6.45) is 0. The molecule has 0 aliphatic carbocycles. The first kappa shape index (κ1) is 16.2. The predicted molar refractivity (Wildman–Crippen MR) is 93.5 cm³/mol. The van der Waals surface area contributed by atoms with Crippen LogP contribution in [0.1, 0.15) is 34.5 Å². The number of nitrogens with two attached hydrogens (primary N) is 1. The summed E-state index contributed by atoms with van der Waals surface area (Å²) in [6.45, 7) is 8.24. The monoisotopic (exact) mass is 372 g/mol. The standard InChI is InChI=1S/C15H21BrN2S2/c1-10(2)18(9-12-5-4-6-19-12)14(8-17)15-7-13(16)11(3)20-15/h4-7,10,14H,8-9,17H2,1-3H3. The molecule has 2 heterocycles. The van der Waals surface area contributed by atoms with E-state index in [1.54, 1.807) is 0 Å². The molecule has 1 atom stereocenters. The first-order valence-electron chi connectivity index (χ1n) is 6.77. The Morgan fingerprint density at radius 1 is 1.40 bits per heavy atom. The second-order valence-corrected chi connectivity index (χ2v) is 8.32. The van der Waals surface area contributed by atoms with Crippen LogP contribution in [0.15, 0.2) is 28.1 Å². The quantitative estimate of drug-likeness (QED) is 0.789. The van der Waals surface area contributed by atoms with Crippen molar-refractivity contribution in [2.45, 2.75) is 39.4 Å². The van der Waals surface area contributed by atoms with Crippen LogP contribution in [0.3, 0.4) is 0 Å². The molecule has 1 unspecified atom stereocenters. The topological polar surface area (TPSA) is 29.3 Å². The van der Waals surface area contributed by atoms with Crippen LogP contribution >= 0.6 is 38.6 Å². The third-order valence-electron chi connectivity index (χ3n) is 3.41. The molecule has 0 amide bonds. The molecule has 2 N–H and O–H groups in total. The summed E-state index contributed by atoms with van der Waals surface area (Å²) >= 11 is 7.27. The van der Waals surface area contributed by atoms with Gasteiger partial charge in [0.15, 0.2) is 0 Å². The predicted octanol–water partition coefficient (Wildman–Crippen LogP) is 4.79. The number of aryl methyl sites for hydroxylation is 1. The number of hydrogen-bond acceptors (Lipinski definition) is 4. The lowest BCUT2D eigenvalue weighted by Crippen LogP contribution is -2.37. The fourth-order valence-corrected chi connectivity index (χ4v) is 4.70. The number of rotatable bonds is 6. The van der Waals surface area contributed by atoms with Gasteiger partial charge < -0.3 is 5.73 Å². The normalized spacial score (nSPS) is 13.3. The maximum Gasteiger partial charge on any atom is 0.0570 e. The molecule has 0 bridgehead atoms. The van der Waals surface area contributed by atoms with E-state index in [9.17, 15) is 0 Å². The first-order chi connectivity index (χ1) is 9.52. The van der Waals surface area contributed by atoms with E-state index in [0.29, 0.717) is 12.6 Å². The Bertz CT molecular complexity index is 515. The van der Waals surface area contributed by atoms with Crippen molar-refractivity contribution < 1.29 is 0 Å². The minimum atomic E-state index is 0.284. The van der Waals surface area contributed by atoms with E-state index < -0.39 is 0 Å². The molecule has 2 rings (SSSR count). The molecule has 0 fully saturated rings. The van der Waals surface area contributed by atoms with E-state index in [-0.39, 0.29) is 6.04 Å². The third kappa shape index (κ3) is 3.71. The Labute approximate surface area is 137 Å². The zero-order valence-corrected chi connectivity index (χ0v) is 15.3. The fourth-order valence-electron chi connectivity index (χ4n) is 2.30. The Kier molecular flexibility index (Phi) is 5.81. The van der Waals surface area contributed by atoms with E-state index in [1.165, 1.54) is 19.1 Å². The number of thiophene rings is 2. The Morgan fingerprint density at radius 3 is 2.60 bits per heavy atom. The molecule has 0 aliphatic rings. The third-order valence-corrected chi connectivity index (χ3v) is 6.51. The van der Waals surface area contributed by atoms with E-state index in [4.69, 9.17) is 5.73 Å². The summed E-state index contributed by atoms with van der Waals surface area (Å²) < 4.78 is 1.19. The summed E-state index contributed by atoms with van der Waals surface area (Å²) in [4.78, 5) is 6.55. The first-order valence-corrected chi connectivity index (χ1v) is 9.25. The van der Waals surface area contributed by atoms with E-state index in [1.807, 2.05) is 22.7 Å². The van der Waals surface area contributed by atoms with Crippen molar-refractivity contribution in [3.63, 3.8) is 0 Å². The Balaban J connectivity index is 2.25. The second-order valence-electron chi connectivity index (χ2n) is 5.15. The molecule has 0 aliphatic heterocycles. The molecule has 0 aromatic carbocycles. The lowest BCUT2D eigenvalue weighted by molar-refractivity contribution is 0.152. The largest absolute Gasteiger partial charge is 0.329 e. The summed E-state index contributed by atoms with van der Waals surface area (Å²) in [6, 6.07) is 7.28. The van der Waals surface area contributed by atoms with Gasteiger partial charge in [0.1, 0.15) is 0 Å². The maximum absolute atomic E-state index is 6.08. The van der Waals surface area contributed by atoms with Crippen molar-refractivity contribution in [2.75, 3.05) is 6.54 Å². The van der Waals surface area contributed by atoms with Gasteiger partial charge in [-0.25, -0.2) is 0 Å². The molecule has 2 aromatic rings. The number of nitrogens with zero attached hydrogens (tertiary/aromatic N) is 1. The zero-order valence-electron chi connectivity index (χ0n) is 12.1. The van der Waals surface area contributed by atoms with Crippen LogP contribution in [0.25, 0.3) is 0 Å². The molecule has 2 aromatic heterocycles. The summed E-state index contributed by atoms with van der Waals surface area (Å²) in [5.41, 5.74) is 6.08. The van der Waals surface area contributed by atoms with E-state index >= 15 is 0 Å². The highest BCUT2D eigenvalue weighted by atomic mass is 79.9. The van der Waals surface area contributed by atoms with Gasteiger partial charge in [0.05, 0.1) is 6.04 Å². The highest BCUT2D eigenvalue weighted by Crippen LogP contribution is 2.34. The number of hydrogen-bond donors (Lipinski definition) is 1. The van der Waals surface area contributed by atoms with E-state index in [2.05, 4.69) is 65.2 Å². The van der Waals surface area contributed by atoms with Gasteiger partial charge in [0.2, 0.25) is 0 Å². The minimum absolute atomic E-state index is 0.284. The van der Waals surface area contributed by atoms with E-state index in [0.717, 1.165) is 6.54 Å². The molecule has 0 spiro atoms. The van der Waals surface area contributed by atoms with Gasteiger partial charge in [0.25, 0.3) is 0 Å².